The summed E-state index contributed by atoms with van der Waals surface area (Å²) in [6.07, 6.45) is 1.60. The van der Waals surface area contributed by atoms with Crippen LogP contribution in [0.5, 0.6) is 5.75 Å². The first-order chi connectivity index (χ1) is 12.2. The van der Waals surface area contributed by atoms with Crippen LogP contribution in [0.15, 0.2) is 41.4 Å². The van der Waals surface area contributed by atoms with Crippen LogP contribution in [0.1, 0.15) is 10.4 Å². The predicted octanol–water partition coefficient (Wildman–Crippen LogP) is 1.66. The minimum Gasteiger partial charge on any atom is -0.495 e. The van der Waals surface area contributed by atoms with Gasteiger partial charge in [-0.15, -0.1) is 0 Å². The van der Waals surface area contributed by atoms with Crippen LogP contribution >= 0.6 is 0 Å². The van der Waals surface area contributed by atoms with Crippen LogP contribution in [0.2, 0.25) is 0 Å². The van der Waals surface area contributed by atoms with Crippen LogP contribution in [0.25, 0.3) is 0 Å². The van der Waals surface area contributed by atoms with Crippen LogP contribution in [0.3, 0.4) is 0 Å². The number of carbonyl (C=O) groups is 1. The third kappa shape index (κ3) is 3.94. The lowest BCUT2D eigenvalue weighted by molar-refractivity contribution is 0.102. The van der Waals surface area contributed by atoms with Crippen molar-refractivity contribution in [2.45, 2.75) is 4.90 Å². The van der Waals surface area contributed by atoms with Gasteiger partial charge >= 0.3 is 0 Å². The van der Waals surface area contributed by atoms with E-state index in [1.165, 1.54) is 33.3 Å². The summed E-state index contributed by atoms with van der Waals surface area (Å²) in [5.41, 5.74) is 0.718. The molecule has 0 unspecified atom stereocenters. The van der Waals surface area contributed by atoms with Crippen molar-refractivity contribution < 1.29 is 17.9 Å². The zero-order chi connectivity index (χ0) is 19.5. The van der Waals surface area contributed by atoms with Gasteiger partial charge in [-0.3, -0.25) is 4.79 Å². The third-order valence-electron chi connectivity index (χ3n) is 3.64. The smallest absolute Gasteiger partial charge is 0.259 e. The van der Waals surface area contributed by atoms with Gasteiger partial charge in [0.2, 0.25) is 10.0 Å². The maximum absolute atomic E-state index is 12.6. The molecule has 0 spiro atoms. The highest BCUT2D eigenvalue weighted by Gasteiger charge is 2.23. The van der Waals surface area contributed by atoms with Gasteiger partial charge in [0.05, 0.1) is 12.7 Å². The maximum atomic E-state index is 12.6. The summed E-state index contributed by atoms with van der Waals surface area (Å²) in [6.45, 7) is 0. The Hall–Kier alpha value is -2.65. The predicted molar refractivity (Wildman–Crippen MR) is 100 cm³/mol. The second-order valence-electron chi connectivity index (χ2n) is 5.88. The lowest BCUT2D eigenvalue weighted by Gasteiger charge is -2.17. The molecule has 1 aromatic heterocycles. The lowest BCUT2D eigenvalue weighted by Crippen LogP contribution is -2.23. The number of carbonyl (C=O) groups excluding carboxylic acids is 1. The lowest BCUT2D eigenvalue weighted by atomic mass is 10.2. The van der Waals surface area contributed by atoms with Crippen molar-refractivity contribution in [2.75, 3.05) is 45.5 Å². The summed E-state index contributed by atoms with van der Waals surface area (Å²) in [6, 6.07) is 7.77. The van der Waals surface area contributed by atoms with Gasteiger partial charge in [0, 0.05) is 40.1 Å². The number of pyridine rings is 1. The van der Waals surface area contributed by atoms with Gasteiger partial charge in [0.15, 0.2) is 0 Å². The highest BCUT2D eigenvalue weighted by Crippen LogP contribution is 2.29. The fourth-order valence-corrected chi connectivity index (χ4v) is 3.36. The number of rotatable bonds is 6. The van der Waals surface area contributed by atoms with Crippen molar-refractivity contribution in [3.63, 3.8) is 0 Å². The van der Waals surface area contributed by atoms with E-state index in [0.29, 0.717) is 17.1 Å². The molecule has 2 aromatic rings. The van der Waals surface area contributed by atoms with Gasteiger partial charge < -0.3 is 15.0 Å². The monoisotopic (exact) mass is 378 g/mol. The number of aromatic nitrogens is 1. The molecule has 0 radical (unpaired) electrons. The summed E-state index contributed by atoms with van der Waals surface area (Å²) >= 11 is 0. The number of ether oxygens (including phenoxy) is 1. The van der Waals surface area contributed by atoms with E-state index in [1.54, 1.807) is 43.4 Å². The molecule has 1 amide bonds. The van der Waals surface area contributed by atoms with Gasteiger partial charge in [-0.05, 0) is 30.3 Å². The fourth-order valence-electron chi connectivity index (χ4n) is 2.28. The van der Waals surface area contributed by atoms with Gasteiger partial charge in [-0.25, -0.2) is 17.7 Å². The summed E-state index contributed by atoms with van der Waals surface area (Å²) < 4.78 is 31.2. The molecule has 9 heteroatoms. The molecule has 0 atom stereocenters. The Morgan fingerprint density at radius 3 is 2.42 bits per heavy atom. The molecular weight excluding hydrogens is 356 g/mol. The number of sulfonamides is 1. The Morgan fingerprint density at radius 1 is 1.15 bits per heavy atom. The maximum Gasteiger partial charge on any atom is 0.259 e. The van der Waals surface area contributed by atoms with E-state index in [-0.39, 0.29) is 16.6 Å². The first-order valence-electron chi connectivity index (χ1n) is 7.72. The molecule has 1 heterocycles. The van der Waals surface area contributed by atoms with Gasteiger partial charge in [-0.1, -0.05) is 0 Å². The molecule has 1 N–H and O–H groups in total. The summed E-state index contributed by atoms with van der Waals surface area (Å²) in [4.78, 5) is 18.5. The van der Waals surface area contributed by atoms with Crippen LogP contribution in [-0.2, 0) is 10.0 Å². The van der Waals surface area contributed by atoms with E-state index >= 15 is 0 Å². The van der Waals surface area contributed by atoms with Gasteiger partial charge in [0.25, 0.3) is 5.91 Å². The molecule has 140 valence electrons. The zero-order valence-corrected chi connectivity index (χ0v) is 16.2. The highest BCUT2D eigenvalue weighted by molar-refractivity contribution is 7.89. The second kappa shape index (κ2) is 7.71. The molecule has 0 aliphatic heterocycles. The normalized spacial score (nSPS) is 11.3. The molecule has 0 aliphatic carbocycles. The van der Waals surface area contributed by atoms with E-state index < -0.39 is 10.0 Å². The average Bonchev–Trinajstić information content (AvgIpc) is 2.61. The molecule has 0 aliphatic rings. The van der Waals surface area contributed by atoms with Crippen molar-refractivity contribution in [2.24, 2.45) is 0 Å². The van der Waals surface area contributed by atoms with Crippen LogP contribution in [0, 0.1) is 0 Å². The summed E-state index contributed by atoms with van der Waals surface area (Å²) in [5, 5.41) is 2.71. The largest absolute Gasteiger partial charge is 0.495 e. The van der Waals surface area contributed by atoms with Gasteiger partial charge in [-0.2, -0.15) is 0 Å². The summed E-state index contributed by atoms with van der Waals surface area (Å²) in [5.74, 6) is 0.326. The molecule has 1 aromatic carbocycles. The van der Waals surface area contributed by atoms with Crippen molar-refractivity contribution >= 4 is 27.4 Å². The van der Waals surface area contributed by atoms with E-state index in [9.17, 15) is 13.2 Å². The van der Waals surface area contributed by atoms with Crippen molar-refractivity contribution in [1.29, 1.82) is 0 Å². The number of anilines is 2. The molecule has 8 nitrogen and oxygen atoms in total. The molecule has 2 rings (SSSR count). The quantitative estimate of drug-likeness (QED) is 0.822. The number of benzene rings is 1. The molecule has 0 bridgehead atoms. The van der Waals surface area contributed by atoms with Crippen molar-refractivity contribution in [1.82, 2.24) is 9.29 Å². The Labute approximate surface area is 153 Å². The first-order valence-corrected chi connectivity index (χ1v) is 9.16. The summed E-state index contributed by atoms with van der Waals surface area (Å²) in [7, 11) is 4.09. The van der Waals surface area contributed by atoms with Crippen LogP contribution < -0.4 is 15.0 Å². The molecule has 0 saturated heterocycles. The first kappa shape index (κ1) is 19.7. The van der Waals surface area contributed by atoms with E-state index in [4.69, 9.17) is 4.74 Å². The second-order valence-corrected chi connectivity index (χ2v) is 8.00. The minimum absolute atomic E-state index is 0.0261. The minimum atomic E-state index is -3.73. The fraction of sp³-hybridized carbons (Fsp3) is 0.294. The standard InChI is InChI=1S/C17H22N4O4S/c1-20(2)16-13(7-6-10-18-16)17(22)19-12-8-9-14(25-5)15(11-12)26(23,24)21(3)4/h6-11H,1-5H3,(H,19,22). The topological polar surface area (TPSA) is 91.8 Å². The zero-order valence-electron chi connectivity index (χ0n) is 15.3. The SMILES string of the molecule is COc1ccc(NC(=O)c2cccnc2N(C)C)cc1S(=O)(=O)N(C)C. The van der Waals surface area contributed by atoms with Crippen molar-refractivity contribution in [3.05, 3.63) is 42.1 Å². The van der Waals surface area contributed by atoms with E-state index in [2.05, 4.69) is 10.3 Å². The Bertz CT molecular complexity index is 911. The Morgan fingerprint density at radius 2 is 1.85 bits per heavy atom. The van der Waals surface area contributed by atoms with Crippen LogP contribution in [0.4, 0.5) is 11.5 Å². The van der Waals surface area contributed by atoms with E-state index in [0.717, 1.165) is 4.31 Å². The molecule has 26 heavy (non-hydrogen) atoms. The van der Waals surface area contributed by atoms with Gasteiger partial charge in [0.1, 0.15) is 16.5 Å². The number of hydrogen-bond acceptors (Lipinski definition) is 6. The number of hydrogen-bond donors (Lipinski definition) is 1. The highest BCUT2D eigenvalue weighted by atomic mass is 32.2. The Kier molecular flexibility index (Phi) is 5.83. The third-order valence-corrected chi connectivity index (χ3v) is 5.47. The number of amides is 1. The molecular formula is C17H22N4O4S. The Balaban J connectivity index is 2.41. The number of methoxy groups -OCH3 is 1. The molecule has 0 saturated carbocycles. The molecule has 0 fully saturated rings. The van der Waals surface area contributed by atoms with E-state index in [1.807, 2.05) is 0 Å². The van der Waals surface area contributed by atoms with Crippen molar-refractivity contribution in [3.8, 4) is 5.75 Å². The number of nitrogens with zero attached hydrogens (tertiary/aromatic N) is 3. The van der Waals surface area contributed by atoms with Crippen LogP contribution in [-0.4, -0.2) is 58.9 Å². The number of nitrogens with one attached hydrogen (secondary N) is 1. The average molecular weight is 378 g/mol.